The second-order valence-electron chi connectivity index (χ2n) is 5.09. The molecule has 0 saturated heterocycles. The highest BCUT2D eigenvalue weighted by molar-refractivity contribution is 5.50. The molecule has 0 fully saturated rings. The Hall–Kier alpha value is -2.55. The van der Waals surface area contributed by atoms with Crippen LogP contribution in [-0.2, 0) is 6.54 Å². The van der Waals surface area contributed by atoms with E-state index in [4.69, 9.17) is 4.42 Å². The molecular weight excluding hydrogens is 250 g/mol. The molecule has 0 saturated carbocycles. The fraction of sp³-hybridized carbons (Fsp3) is 0.118. The SMILES string of the molecule is Oc1cccc2c1C(c1ccoc1)c1cccc[n+]1C2. The third-order valence-electron chi connectivity index (χ3n) is 3.95. The average molecular weight is 264 g/mol. The number of aromatic nitrogens is 1. The van der Waals surface area contributed by atoms with Crippen molar-refractivity contribution < 1.29 is 14.1 Å². The Balaban J connectivity index is 2.02. The molecule has 0 spiro atoms. The fourth-order valence-corrected chi connectivity index (χ4v) is 3.07. The summed E-state index contributed by atoms with van der Waals surface area (Å²) in [6, 6.07) is 13.9. The van der Waals surface area contributed by atoms with Crippen LogP contribution in [0.15, 0.2) is 65.6 Å². The standard InChI is InChI=1S/C17H13NO2/c19-15-6-3-4-12-10-18-8-2-1-5-14(18)16(17(12)15)13-7-9-20-11-13/h1-9,11,16H,10H2/p+1. The molecule has 0 amide bonds. The Labute approximate surface area is 116 Å². The number of phenols is 1. The van der Waals surface area contributed by atoms with Gasteiger partial charge in [-0.3, -0.25) is 0 Å². The van der Waals surface area contributed by atoms with Gasteiger partial charge in [-0.25, -0.2) is 0 Å². The molecule has 1 aliphatic rings. The van der Waals surface area contributed by atoms with E-state index in [-0.39, 0.29) is 5.92 Å². The number of benzene rings is 1. The molecular formula is C17H14NO2+. The number of phenolic OH excluding ortho intramolecular Hbond substituents is 1. The van der Waals surface area contributed by atoms with Crippen molar-refractivity contribution in [2.24, 2.45) is 0 Å². The summed E-state index contributed by atoms with van der Waals surface area (Å²) in [7, 11) is 0. The van der Waals surface area contributed by atoms with Gasteiger partial charge < -0.3 is 9.52 Å². The number of rotatable bonds is 1. The first-order valence-electron chi connectivity index (χ1n) is 6.66. The number of hydrogen-bond donors (Lipinski definition) is 1. The highest BCUT2D eigenvalue weighted by atomic mass is 16.3. The molecule has 0 radical (unpaired) electrons. The van der Waals surface area contributed by atoms with Crippen LogP contribution in [0.5, 0.6) is 5.75 Å². The molecule has 1 aliphatic heterocycles. The van der Waals surface area contributed by atoms with Crippen molar-refractivity contribution >= 4 is 0 Å². The van der Waals surface area contributed by atoms with Gasteiger partial charge in [-0.2, -0.15) is 4.57 Å². The van der Waals surface area contributed by atoms with Gasteiger partial charge in [0.05, 0.1) is 12.5 Å². The molecule has 4 rings (SSSR count). The first-order valence-corrected chi connectivity index (χ1v) is 6.66. The number of furan rings is 1. The van der Waals surface area contributed by atoms with E-state index in [0.29, 0.717) is 5.75 Å². The number of hydrogen-bond acceptors (Lipinski definition) is 2. The van der Waals surface area contributed by atoms with E-state index in [0.717, 1.165) is 23.2 Å². The average Bonchev–Trinajstić information content (AvgIpc) is 2.99. The van der Waals surface area contributed by atoms with E-state index in [9.17, 15) is 5.11 Å². The van der Waals surface area contributed by atoms with Crippen LogP contribution in [0.4, 0.5) is 0 Å². The van der Waals surface area contributed by atoms with Gasteiger partial charge in [0, 0.05) is 28.8 Å². The van der Waals surface area contributed by atoms with Gasteiger partial charge in [0.1, 0.15) is 11.7 Å². The van der Waals surface area contributed by atoms with E-state index in [2.05, 4.69) is 22.9 Å². The Morgan fingerprint density at radius 2 is 2.05 bits per heavy atom. The van der Waals surface area contributed by atoms with Crippen LogP contribution in [0.2, 0.25) is 0 Å². The first kappa shape index (κ1) is 11.3. The van der Waals surface area contributed by atoms with Gasteiger partial charge in [-0.1, -0.05) is 18.2 Å². The van der Waals surface area contributed by atoms with Crippen molar-refractivity contribution in [3.63, 3.8) is 0 Å². The monoisotopic (exact) mass is 264 g/mol. The van der Waals surface area contributed by atoms with Crippen LogP contribution in [0.1, 0.15) is 28.3 Å². The number of fused-ring (bicyclic) bond motifs is 2. The summed E-state index contributed by atoms with van der Waals surface area (Å²) in [5.41, 5.74) is 4.37. The lowest BCUT2D eigenvalue weighted by molar-refractivity contribution is -0.698. The van der Waals surface area contributed by atoms with Crippen molar-refractivity contribution in [3.8, 4) is 5.75 Å². The maximum atomic E-state index is 10.3. The second-order valence-corrected chi connectivity index (χ2v) is 5.09. The molecule has 1 unspecified atom stereocenters. The molecule has 3 heterocycles. The van der Waals surface area contributed by atoms with Crippen LogP contribution in [-0.4, -0.2) is 5.11 Å². The lowest BCUT2D eigenvalue weighted by Gasteiger charge is -2.23. The number of aromatic hydroxyl groups is 1. The summed E-state index contributed by atoms with van der Waals surface area (Å²) >= 11 is 0. The van der Waals surface area contributed by atoms with Crippen LogP contribution >= 0.6 is 0 Å². The topological polar surface area (TPSA) is 37.3 Å². The maximum absolute atomic E-state index is 10.3. The van der Waals surface area contributed by atoms with Crippen molar-refractivity contribution in [1.29, 1.82) is 0 Å². The fourth-order valence-electron chi connectivity index (χ4n) is 3.07. The van der Waals surface area contributed by atoms with Gasteiger partial charge in [0.25, 0.3) is 0 Å². The predicted molar refractivity (Wildman–Crippen MR) is 73.5 cm³/mol. The second kappa shape index (κ2) is 4.23. The lowest BCUT2D eigenvalue weighted by Crippen LogP contribution is -2.43. The molecule has 98 valence electrons. The van der Waals surface area contributed by atoms with Crippen molar-refractivity contribution in [1.82, 2.24) is 0 Å². The summed E-state index contributed by atoms with van der Waals surface area (Å²) in [5.74, 6) is 0.365. The minimum absolute atomic E-state index is 0.0138. The smallest absolute Gasteiger partial charge is 0.193 e. The molecule has 3 nitrogen and oxygen atoms in total. The molecule has 3 aromatic rings. The highest BCUT2D eigenvalue weighted by Crippen LogP contribution is 2.39. The number of pyridine rings is 1. The van der Waals surface area contributed by atoms with Crippen LogP contribution in [0.25, 0.3) is 0 Å². The van der Waals surface area contributed by atoms with Crippen molar-refractivity contribution in [3.05, 3.63) is 83.6 Å². The Morgan fingerprint density at radius 1 is 1.10 bits per heavy atom. The molecule has 1 N–H and O–H groups in total. The zero-order chi connectivity index (χ0) is 13.5. The van der Waals surface area contributed by atoms with Gasteiger partial charge in [0.2, 0.25) is 0 Å². The Morgan fingerprint density at radius 3 is 2.90 bits per heavy atom. The molecule has 1 atom stereocenters. The molecule has 20 heavy (non-hydrogen) atoms. The number of nitrogens with zero attached hydrogens (tertiary/aromatic N) is 1. The van der Waals surface area contributed by atoms with E-state index in [1.165, 1.54) is 5.69 Å². The molecule has 0 aliphatic carbocycles. The molecule has 1 aromatic carbocycles. The van der Waals surface area contributed by atoms with Crippen LogP contribution in [0, 0.1) is 0 Å². The van der Waals surface area contributed by atoms with E-state index in [1.807, 2.05) is 24.3 Å². The lowest BCUT2D eigenvalue weighted by atomic mass is 9.83. The summed E-state index contributed by atoms with van der Waals surface area (Å²) in [6.45, 7) is 0.786. The summed E-state index contributed by atoms with van der Waals surface area (Å²) in [6.07, 6.45) is 5.51. The normalized spacial score (nSPS) is 16.5. The quantitative estimate of drug-likeness (QED) is 0.537. The maximum Gasteiger partial charge on any atom is 0.193 e. The summed E-state index contributed by atoms with van der Waals surface area (Å²) in [5, 5.41) is 10.3. The van der Waals surface area contributed by atoms with Gasteiger partial charge in [-0.05, 0) is 12.1 Å². The van der Waals surface area contributed by atoms with E-state index >= 15 is 0 Å². The van der Waals surface area contributed by atoms with Crippen LogP contribution < -0.4 is 4.57 Å². The third kappa shape index (κ3) is 1.56. The zero-order valence-corrected chi connectivity index (χ0v) is 10.9. The highest BCUT2D eigenvalue weighted by Gasteiger charge is 2.35. The first-order chi connectivity index (χ1) is 9.84. The summed E-state index contributed by atoms with van der Waals surface area (Å²) in [4.78, 5) is 0. The molecule has 0 bridgehead atoms. The van der Waals surface area contributed by atoms with Crippen molar-refractivity contribution in [2.45, 2.75) is 12.5 Å². The third-order valence-corrected chi connectivity index (χ3v) is 3.95. The minimum atomic E-state index is 0.0138. The largest absolute Gasteiger partial charge is 0.508 e. The van der Waals surface area contributed by atoms with Gasteiger partial charge >= 0.3 is 0 Å². The van der Waals surface area contributed by atoms with Crippen molar-refractivity contribution in [2.75, 3.05) is 0 Å². The predicted octanol–water partition coefficient (Wildman–Crippen LogP) is 2.81. The van der Waals surface area contributed by atoms with Crippen LogP contribution in [0.3, 0.4) is 0 Å². The molecule has 2 aromatic heterocycles. The summed E-state index contributed by atoms with van der Waals surface area (Å²) < 4.78 is 7.47. The van der Waals surface area contributed by atoms with E-state index in [1.54, 1.807) is 18.6 Å². The Kier molecular flexibility index (Phi) is 2.39. The van der Waals surface area contributed by atoms with E-state index < -0.39 is 0 Å². The zero-order valence-electron chi connectivity index (χ0n) is 10.9. The minimum Gasteiger partial charge on any atom is -0.508 e. The van der Waals surface area contributed by atoms with Gasteiger partial charge in [-0.15, -0.1) is 0 Å². The van der Waals surface area contributed by atoms with Gasteiger partial charge in [0.15, 0.2) is 18.4 Å². The Bertz CT molecular complexity index is 762. The molecule has 3 heteroatoms.